The molecule has 102 valence electrons. The van der Waals surface area contributed by atoms with E-state index in [1.807, 2.05) is 0 Å². The Morgan fingerprint density at radius 3 is 3.11 bits per heavy atom. The minimum absolute atomic E-state index is 0.121. The third kappa shape index (κ3) is 3.46. The lowest BCUT2D eigenvalue weighted by Gasteiger charge is -2.41. The third-order valence-electron chi connectivity index (χ3n) is 3.37. The Morgan fingerprint density at radius 2 is 2.50 bits per heavy atom. The average molecular weight is 270 g/mol. The van der Waals surface area contributed by atoms with E-state index in [0.29, 0.717) is 11.3 Å². The Labute approximate surface area is 112 Å². The molecule has 6 heteroatoms. The summed E-state index contributed by atoms with van der Waals surface area (Å²) in [7, 11) is 0. The number of nitrogens with zero attached hydrogens (tertiary/aromatic N) is 2. The highest BCUT2D eigenvalue weighted by atomic mass is 32.2. The number of thioether (sulfide) groups is 1. The fourth-order valence-electron chi connectivity index (χ4n) is 2.75. The van der Waals surface area contributed by atoms with E-state index >= 15 is 0 Å². The smallest absolute Gasteiger partial charge is 0.183 e. The van der Waals surface area contributed by atoms with Gasteiger partial charge in [-0.1, -0.05) is 32.0 Å². The molecule has 0 radical (unpaired) electrons. The number of aromatic amines is 1. The Balaban J connectivity index is 1.98. The van der Waals surface area contributed by atoms with Crippen LogP contribution in [0, 0.1) is 0 Å². The van der Waals surface area contributed by atoms with E-state index < -0.39 is 0 Å². The van der Waals surface area contributed by atoms with Crippen molar-refractivity contribution in [2.45, 2.75) is 61.5 Å². The molecule has 0 saturated heterocycles. The minimum Gasteiger partial charge on any atom is -0.394 e. The first-order valence-electron chi connectivity index (χ1n) is 6.54. The maximum absolute atomic E-state index is 9.73. The van der Waals surface area contributed by atoms with Gasteiger partial charge in [0.25, 0.3) is 0 Å². The molecule has 0 bridgehead atoms. The number of hydrogen-bond acceptors (Lipinski definition) is 5. The van der Waals surface area contributed by atoms with Crippen molar-refractivity contribution in [1.82, 2.24) is 20.5 Å². The summed E-state index contributed by atoms with van der Waals surface area (Å²) in [4.78, 5) is 4.16. The summed E-state index contributed by atoms with van der Waals surface area (Å²) in [5, 5.41) is 21.4. The molecular formula is C12H22N4OS. The number of aliphatic hydroxyl groups is 1. The molecule has 2 rings (SSSR count). The van der Waals surface area contributed by atoms with Gasteiger partial charge in [0.15, 0.2) is 5.16 Å². The first-order valence-corrected chi connectivity index (χ1v) is 7.42. The van der Waals surface area contributed by atoms with Crippen LogP contribution in [0.25, 0.3) is 0 Å². The molecule has 1 aromatic heterocycles. The van der Waals surface area contributed by atoms with Crippen LogP contribution in [0.2, 0.25) is 0 Å². The average Bonchev–Trinajstić information content (AvgIpc) is 2.81. The van der Waals surface area contributed by atoms with Crippen molar-refractivity contribution >= 4 is 11.8 Å². The van der Waals surface area contributed by atoms with E-state index in [1.54, 1.807) is 11.8 Å². The summed E-state index contributed by atoms with van der Waals surface area (Å²) in [6.07, 6.45) is 5.89. The van der Waals surface area contributed by atoms with Crippen molar-refractivity contribution in [2.75, 3.05) is 6.61 Å². The van der Waals surface area contributed by atoms with Crippen LogP contribution < -0.4 is 5.32 Å². The van der Waals surface area contributed by atoms with Gasteiger partial charge in [0, 0.05) is 16.8 Å². The van der Waals surface area contributed by atoms with Crippen LogP contribution in [0.5, 0.6) is 0 Å². The molecule has 1 heterocycles. The van der Waals surface area contributed by atoms with Gasteiger partial charge < -0.3 is 10.4 Å². The molecule has 1 aromatic rings. The number of rotatable bonds is 5. The van der Waals surface area contributed by atoms with E-state index in [2.05, 4.69) is 34.3 Å². The van der Waals surface area contributed by atoms with E-state index in [0.717, 1.165) is 24.4 Å². The molecule has 1 aliphatic carbocycles. The van der Waals surface area contributed by atoms with E-state index in [9.17, 15) is 5.11 Å². The molecule has 2 atom stereocenters. The first kappa shape index (κ1) is 13.8. The number of H-pyrrole nitrogens is 1. The van der Waals surface area contributed by atoms with Gasteiger partial charge >= 0.3 is 0 Å². The van der Waals surface area contributed by atoms with E-state index in [-0.39, 0.29) is 12.1 Å². The summed E-state index contributed by atoms with van der Waals surface area (Å²) >= 11 is 1.74. The lowest BCUT2D eigenvalue weighted by atomic mass is 9.81. The summed E-state index contributed by atoms with van der Waals surface area (Å²) in [5.41, 5.74) is -0.121. The standard InChI is InChI=1S/C12H22N4OS/c1-9(2)15-12(7-17)5-3-4-10(6-12)18-11-13-8-14-16-11/h8-10,15,17H,3-7H2,1-2H3,(H,13,14,16). The van der Waals surface area contributed by atoms with E-state index in [1.165, 1.54) is 12.7 Å². The Bertz CT molecular complexity index is 357. The molecule has 1 fully saturated rings. The van der Waals surface area contributed by atoms with Gasteiger partial charge in [-0.05, 0) is 19.3 Å². The molecule has 0 amide bonds. The summed E-state index contributed by atoms with van der Waals surface area (Å²) in [6, 6.07) is 0.395. The lowest BCUT2D eigenvalue weighted by Crippen LogP contribution is -2.54. The van der Waals surface area contributed by atoms with Gasteiger partial charge in [-0.3, -0.25) is 5.10 Å². The minimum atomic E-state index is -0.121. The van der Waals surface area contributed by atoms with Gasteiger partial charge in [-0.25, -0.2) is 4.98 Å². The number of nitrogens with one attached hydrogen (secondary N) is 2. The molecule has 0 aliphatic heterocycles. The van der Waals surface area contributed by atoms with Crippen molar-refractivity contribution in [3.63, 3.8) is 0 Å². The highest BCUT2D eigenvalue weighted by Gasteiger charge is 2.36. The molecule has 0 aromatic carbocycles. The Hall–Kier alpha value is -0.590. The summed E-state index contributed by atoms with van der Waals surface area (Å²) < 4.78 is 0. The fraction of sp³-hybridized carbons (Fsp3) is 0.833. The summed E-state index contributed by atoms with van der Waals surface area (Å²) in [6.45, 7) is 4.47. The monoisotopic (exact) mass is 270 g/mol. The first-order chi connectivity index (χ1) is 8.63. The van der Waals surface area contributed by atoms with Crippen LogP contribution in [-0.4, -0.2) is 43.7 Å². The number of aliphatic hydroxyl groups excluding tert-OH is 1. The van der Waals surface area contributed by atoms with Crippen molar-refractivity contribution in [3.8, 4) is 0 Å². The predicted octanol–water partition coefficient (Wildman–Crippen LogP) is 1.57. The van der Waals surface area contributed by atoms with Crippen LogP contribution in [0.3, 0.4) is 0 Å². The molecule has 5 nitrogen and oxygen atoms in total. The van der Waals surface area contributed by atoms with Gasteiger partial charge in [0.1, 0.15) is 6.33 Å². The molecule has 0 spiro atoms. The molecule has 2 unspecified atom stereocenters. The second-order valence-corrected chi connectivity index (χ2v) is 6.65. The molecule has 1 saturated carbocycles. The van der Waals surface area contributed by atoms with Crippen LogP contribution in [0.1, 0.15) is 39.5 Å². The predicted molar refractivity (Wildman–Crippen MR) is 72.6 cm³/mol. The quantitative estimate of drug-likeness (QED) is 0.757. The zero-order valence-corrected chi connectivity index (χ0v) is 11.8. The Kier molecular flexibility index (Phi) is 4.64. The largest absolute Gasteiger partial charge is 0.394 e. The molecule has 1 aliphatic rings. The van der Waals surface area contributed by atoms with Crippen LogP contribution in [0.15, 0.2) is 11.5 Å². The van der Waals surface area contributed by atoms with Crippen molar-refractivity contribution in [3.05, 3.63) is 6.33 Å². The molecule has 3 N–H and O–H groups in total. The Morgan fingerprint density at radius 1 is 1.67 bits per heavy atom. The van der Waals surface area contributed by atoms with Gasteiger partial charge in [0.2, 0.25) is 0 Å². The number of hydrogen-bond donors (Lipinski definition) is 3. The second-order valence-electron chi connectivity index (χ2n) is 5.36. The summed E-state index contributed by atoms with van der Waals surface area (Å²) in [5.74, 6) is 0. The van der Waals surface area contributed by atoms with Crippen molar-refractivity contribution < 1.29 is 5.11 Å². The van der Waals surface area contributed by atoms with Crippen LogP contribution in [0.4, 0.5) is 0 Å². The van der Waals surface area contributed by atoms with Gasteiger partial charge in [-0.15, -0.1) is 0 Å². The van der Waals surface area contributed by atoms with Crippen molar-refractivity contribution in [2.24, 2.45) is 0 Å². The molecule has 18 heavy (non-hydrogen) atoms. The lowest BCUT2D eigenvalue weighted by molar-refractivity contribution is 0.115. The maximum Gasteiger partial charge on any atom is 0.183 e. The normalized spacial score (nSPS) is 28.8. The third-order valence-corrected chi connectivity index (χ3v) is 4.52. The highest BCUT2D eigenvalue weighted by Crippen LogP contribution is 2.37. The number of aromatic nitrogens is 3. The zero-order chi connectivity index (χ0) is 13.0. The maximum atomic E-state index is 9.73. The van der Waals surface area contributed by atoms with E-state index in [4.69, 9.17) is 0 Å². The SMILES string of the molecule is CC(C)NC1(CO)CCCC(Sc2ncn[nH]2)C1. The van der Waals surface area contributed by atoms with Gasteiger partial charge in [-0.2, -0.15) is 5.10 Å². The van der Waals surface area contributed by atoms with Crippen LogP contribution >= 0.6 is 11.8 Å². The molecular weight excluding hydrogens is 248 g/mol. The highest BCUT2D eigenvalue weighted by molar-refractivity contribution is 7.99. The zero-order valence-electron chi connectivity index (χ0n) is 11.0. The van der Waals surface area contributed by atoms with Gasteiger partial charge in [0.05, 0.1) is 6.61 Å². The topological polar surface area (TPSA) is 73.8 Å². The second kappa shape index (κ2) is 6.04. The fourth-order valence-corrected chi connectivity index (χ4v) is 3.97. The van der Waals surface area contributed by atoms with Crippen molar-refractivity contribution in [1.29, 1.82) is 0 Å². The van der Waals surface area contributed by atoms with Crippen LogP contribution in [-0.2, 0) is 0 Å².